The zero-order valence-corrected chi connectivity index (χ0v) is 19.8. The minimum Gasteiger partial charge on any atom is -0.508 e. The number of likely N-dealkylation sites (tertiary alicyclic amines) is 1. The Kier molecular flexibility index (Phi) is 5.95. The molecule has 1 aliphatic carbocycles. The number of rotatable bonds is 6. The molecule has 1 saturated heterocycles. The lowest BCUT2D eigenvalue weighted by molar-refractivity contribution is -0.143. The standard InChI is InChI=1S/C30H33NO3/c1-29-18-23-10-5-6-11-24(23)19-30(29,26-12-7-13-27(32)17-26)14-15-31(21-29)20-25(28(33)34)16-22-8-3-2-4-9-22/h2-13,17,25,32H,14-16,18-21H2,1H3,(H,33,34)/t25?,29-,30?/m0/s1. The fourth-order valence-electron chi connectivity index (χ4n) is 6.54. The zero-order chi connectivity index (χ0) is 23.8. The molecule has 2 unspecified atom stereocenters. The molecule has 1 aliphatic heterocycles. The maximum Gasteiger partial charge on any atom is 0.308 e. The molecule has 1 fully saturated rings. The molecule has 34 heavy (non-hydrogen) atoms. The Bertz CT molecular complexity index is 1180. The van der Waals surface area contributed by atoms with Crippen LogP contribution >= 0.6 is 0 Å². The van der Waals surface area contributed by atoms with Gasteiger partial charge in [-0.1, -0.05) is 73.7 Å². The number of hydrogen-bond acceptors (Lipinski definition) is 3. The molecule has 2 N–H and O–H groups in total. The monoisotopic (exact) mass is 455 g/mol. The third-order valence-electron chi connectivity index (χ3n) is 8.33. The van der Waals surface area contributed by atoms with Crippen molar-refractivity contribution in [1.29, 1.82) is 0 Å². The predicted octanol–water partition coefficient (Wildman–Crippen LogP) is 5.08. The first kappa shape index (κ1) is 22.7. The molecule has 0 aromatic heterocycles. The van der Waals surface area contributed by atoms with E-state index in [9.17, 15) is 15.0 Å². The number of carboxylic acid groups (broad SMARTS) is 1. The lowest BCUT2D eigenvalue weighted by Crippen LogP contribution is -2.61. The van der Waals surface area contributed by atoms with Gasteiger partial charge in [-0.25, -0.2) is 0 Å². The van der Waals surface area contributed by atoms with E-state index >= 15 is 0 Å². The molecule has 176 valence electrons. The van der Waals surface area contributed by atoms with E-state index in [1.165, 1.54) is 16.7 Å². The third kappa shape index (κ3) is 4.12. The van der Waals surface area contributed by atoms with Crippen molar-refractivity contribution in [2.75, 3.05) is 19.6 Å². The van der Waals surface area contributed by atoms with Crippen LogP contribution in [0.3, 0.4) is 0 Å². The first-order chi connectivity index (χ1) is 16.4. The summed E-state index contributed by atoms with van der Waals surface area (Å²) in [7, 11) is 0. The molecule has 0 spiro atoms. The SMILES string of the molecule is C[C@@]12Cc3ccccc3CC1(c1cccc(O)c1)CCN(CC(Cc1ccccc1)C(=O)O)C2. The Morgan fingerprint density at radius 3 is 2.38 bits per heavy atom. The van der Waals surface area contributed by atoms with Gasteiger partial charge in [0.1, 0.15) is 5.75 Å². The van der Waals surface area contributed by atoms with Crippen molar-refractivity contribution in [3.8, 4) is 5.75 Å². The number of fused-ring (bicyclic) bond motifs is 2. The number of nitrogens with zero attached hydrogens (tertiary/aromatic N) is 1. The minimum absolute atomic E-state index is 0.0663. The molecular formula is C30H33NO3. The summed E-state index contributed by atoms with van der Waals surface area (Å²) in [4.78, 5) is 14.5. The smallest absolute Gasteiger partial charge is 0.308 e. The van der Waals surface area contributed by atoms with Gasteiger partial charge < -0.3 is 15.1 Å². The highest BCUT2D eigenvalue weighted by Gasteiger charge is 2.55. The number of carboxylic acids is 1. The topological polar surface area (TPSA) is 60.8 Å². The molecule has 1 heterocycles. The highest BCUT2D eigenvalue weighted by Crippen LogP contribution is 2.55. The highest BCUT2D eigenvalue weighted by atomic mass is 16.4. The van der Waals surface area contributed by atoms with Crippen LogP contribution in [0.25, 0.3) is 0 Å². The summed E-state index contributed by atoms with van der Waals surface area (Å²) in [6.45, 7) is 4.62. The van der Waals surface area contributed by atoms with E-state index in [0.717, 1.165) is 37.9 Å². The van der Waals surface area contributed by atoms with Crippen molar-refractivity contribution in [1.82, 2.24) is 4.90 Å². The normalized spacial score (nSPS) is 25.2. The maximum atomic E-state index is 12.2. The predicted molar refractivity (Wildman–Crippen MR) is 134 cm³/mol. The summed E-state index contributed by atoms with van der Waals surface area (Å²) in [5.74, 6) is -0.854. The number of phenols is 1. The molecular weight excluding hydrogens is 422 g/mol. The molecule has 2 aliphatic rings. The molecule has 0 amide bonds. The summed E-state index contributed by atoms with van der Waals surface area (Å²) in [6, 6.07) is 26.4. The van der Waals surface area contributed by atoms with Gasteiger partial charge in [-0.05, 0) is 72.0 Å². The van der Waals surface area contributed by atoms with Gasteiger partial charge in [-0.2, -0.15) is 0 Å². The van der Waals surface area contributed by atoms with Crippen LogP contribution in [0.15, 0.2) is 78.9 Å². The molecule has 0 radical (unpaired) electrons. The van der Waals surface area contributed by atoms with E-state index in [1.54, 1.807) is 6.07 Å². The van der Waals surface area contributed by atoms with E-state index in [1.807, 2.05) is 42.5 Å². The van der Waals surface area contributed by atoms with Gasteiger partial charge in [0.2, 0.25) is 0 Å². The van der Waals surface area contributed by atoms with Gasteiger partial charge >= 0.3 is 5.97 Å². The molecule has 3 aromatic carbocycles. The van der Waals surface area contributed by atoms with Crippen molar-refractivity contribution in [3.05, 3.63) is 101 Å². The van der Waals surface area contributed by atoms with E-state index in [0.29, 0.717) is 18.7 Å². The third-order valence-corrected chi connectivity index (χ3v) is 8.33. The Balaban J connectivity index is 1.45. The van der Waals surface area contributed by atoms with Crippen LogP contribution in [-0.2, 0) is 29.5 Å². The van der Waals surface area contributed by atoms with E-state index in [4.69, 9.17) is 0 Å². The van der Waals surface area contributed by atoms with E-state index in [2.05, 4.69) is 42.2 Å². The number of aromatic hydroxyl groups is 1. The van der Waals surface area contributed by atoms with Crippen molar-refractivity contribution in [2.24, 2.45) is 11.3 Å². The summed E-state index contributed by atoms with van der Waals surface area (Å²) >= 11 is 0. The molecule has 3 atom stereocenters. The summed E-state index contributed by atoms with van der Waals surface area (Å²) in [6.07, 6.45) is 3.39. The van der Waals surface area contributed by atoms with Crippen LogP contribution < -0.4 is 0 Å². The largest absolute Gasteiger partial charge is 0.508 e. The first-order valence-electron chi connectivity index (χ1n) is 12.2. The quantitative estimate of drug-likeness (QED) is 0.544. The second kappa shape index (κ2) is 8.92. The van der Waals surface area contributed by atoms with Crippen molar-refractivity contribution < 1.29 is 15.0 Å². The van der Waals surface area contributed by atoms with Crippen LogP contribution in [0.4, 0.5) is 0 Å². The Morgan fingerprint density at radius 1 is 0.971 bits per heavy atom. The van der Waals surface area contributed by atoms with Crippen LogP contribution in [0, 0.1) is 11.3 Å². The van der Waals surface area contributed by atoms with E-state index in [-0.39, 0.29) is 10.8 Å². The van der Waals surface area contributed by atoms with Gasteiger partial charge in [0.15, 0.2) is 0 Å². The molecule has 3 aromatic rings. The lowest BCUT2D eigenvalue weighted by atomic mass is 9.50. The lowest BCUT2D eigenvalue weighted by Gasteiger charge is -2.58. The summed E-state index contributed by atoms with van der Waals surface area (Å²) in [5, 5.41) is 20.3. The van der Waals surface area contributed by atoms with Gasteiger partial charge in [-0.3, -0.25) is 4.79 Å². The first-order valence-corrected chi connectivity index (χ1v) is 12.2. The van der Waals surface area contributed by atoms with Crippen molar-refractivity contribution in [2.45, 2.75) is 38.0 Å². The number of aliphatic carboxylic acids is 1. The Hall–Kier alpha value is -3.11. The average Bonchev–Trinajstić information content (AvgIpc) is 2.82. The Labute approximate surface area is 201 Å². The number of phenolic OH excluding ortho intramolecular Hbond substituents is 1. The second-order valence-electron chi connectivity index (χ2n) is 10.5. The second-order valence-corrected chi connectivity index (χ2v) is 10.5. The highest BCUT2D eigenvalue weighted by molar-refractivity contribution is 5.70. The Morgan fingerprint density at radius 2 is 1.68 bits per heavy atom. The minimum atomic E-state index is -0.729. The molecule has 0 bridgehead atoms. The number of carbonyl (C=O) groups is 1. The fourth-order valence-corrected chi connectivity index (χ4v) is 6.54. The average molecular weight is 456 g/mol. The van der Waals surface area contributed by atoms with E-state index < -0.39 is 11.9 Å². The van der Waals surface area contributed by atoms with Crippen LogP contribution in [-0.4, -0.2) is 40.7 Å². The fraction of sp³-hybridized carbons (Fsp3) is 0.367. The molecule has 4 nitrogen and oxygen atoms in total. The van der Waals surface area contributed by atoms with Gasteiger partial charge in [0, 0.05) is 18.5 Å². The van der Waals surface area contributed by atoms with Gasteiger partial charge in [0.05, 0.1) is 5.92 Å². The molecule has 0 saturated carbocycles. The summed E-state index contributed by atoms with van der Waals surface area (Å²) < 4.78 is 0. The van der Waals surface area contributed by atoms with Gasteiger partial charge in [-0.15, -0.1) is 0 Å². The number of hydrogen-bond donors (Lipinski definition) is 2. The molecule has 5 rings (SSSR count). The number of benzene rings is 3. The van der Waals surface area contributed by atoms with Crippen LogP contribution in [0.5, 0.6) is 5.75 Å². The van der Waals surface area contributed by atoms with Crippen LogP contribution in [0.1, 0.15) is 35.6 Å². The van der Waals surface area contributed by atoms with Gasteiger partial charge in [0.25, 0.3) is 0 Å². The van der Waals surface area contributed by atoms with Crippen LogP contribution in [0.2, 0.25) is 0 Å². The maximum absolute atomic E-state index is 12.2. The van der Waals surface area contributed by atoms with Crippen molar-refractivity contribution >= 4 is 5.97 Å². The van der Waals surface area contributed by atoms with Crippen molar-refractivity contribution in [3.63, 3.8) is 0 Å². The summed E-state index contributed by atoms with van der Waals surface area (Å²) in [5.41, 5.74) is 4.89. The number of piperidine rings is 1. The zero-order valence-electron chi connectivity index (χ0n) is 19.8. The molecule has 4 heteroatoms.